The minimum Gasteiger partial charge on any atom is -0.306 e. The highest BCUT2D eigenvalue weighted by atomic mass is 35.5. The predicted molar refractivity (Wildman–Crippen MR) is 72.6 cm³/mol. The molecule has 2 unspecified atom stereocenters. The molecule has 2 N–H and O–H groups in total. The number of hydrogen-bond donors (Lipinski definition) is 2. The molecule has 2 nitrogen and oxygen atoms in total. The third-order valence-electron chi connectivity index (χ3n) is 2.27. The molecule has 0 saturated heterocycles. The third kappa shape index (κ3) is 2.47. The maximum Gasteiger partial charge on any atom is 0.0992 e. The maximum absolute atomic E-state index is 8.73. The lowest BCUT2D eigenvalue weighted by atomic mass is 9.95. The molecule has 0 fully saturated rings. The van der Waals surface area contributed by atoms with Gasteiger partial charge in [-0.1, -0.05) is 41.7 Å². The molecule has 2 atom stereocenters. The number of nitrogens with one attached hydrogen (secondary N) is 1. The summed E-state index contributed by atoms with van der Waals surface area (Å²) < 4.78 is 0. The van der Waals surface area contributed by atoms with Crippen molar-refractivity contribution in [3.63, 3.8) is 0 Å². The molecule has 0 spiro atoms. The van der Waals surface area contributed by atoms with Crippen LogP contribution in [0.5, 0.6) is 0 Å². The second-order valence-electron chi connectivity index (χ2n) is 3.08. The van der Waals surface area contributed by atoms with E-state index in [4.69, 9.17) is 63.2 Å². The second kappa shape index (κ2) is 5.89. The molecule has 0 amide bonds. The summed E-state index contributed by atoms with van der Waals surface area (Å²) in [6, 6.07) is 0. The van der Waals surface area contributed by atoms with Crippen molar-refractivity contribution in [2.24, 2.45) is 0 Å². The first kappa shape index (κ1) is 15.3. The van der Waals surface area contributed by atoms with E-state index in [-0.39, 0.29) is 15.1 Å². The van der Waals surface area contributed by atoms with E-state index in [0.29, 0.717) is 11.3 Å². The van der Waals surface area contributed by atoms with Crippen LogP contribution in [-0.4, -0.2) is 15.5 Å². The molecular weight excluding hydrogens is 335 g/mol. The first-order chi connectivity index (χ1) is 7.40. The molecule has 92 valence electrons. The molecule has 16 heavy (non-hydrogen) atoms. The van der Waals surface area contributed by atoms with E-state index in [2.05, 4.69) is 0 Å². The van der Waals surface area contributed by atoms with Gasteiger partial charge < -0.3 is 5.21 Å². The van der Waals surface area contributed by atoms with Crippen molar-refractivity contribution in [1.82, 2.24) is 4.89 Å². The van der Waals surface area contributed by atoms with E-state index in [0.717, 1.165) is 11.9 Å². The Morgan fingerprint density at radius 2 is 1.94 bits per heavy atom. The van der Waals surface area contributed by atoms with Gasteiger partial charge in [-0.25, -0.2) is 0 Å². The van der Waals surface area contributed by atoms with Crippen molar-refractivity contribution >= 4 is 70.0 Å². The average Bonchev–Trinajstić information content (AvgIpc) is 2.29. The van der Waals surface area contributed by atoms with Gasteiger partial charge in [-0.2, -0.15) is 0 Å². The monoisotopic (exact) mass is 341 g/mol. The molecule has 0 radical (unpaired) electrons. The fourth-order valence-electron chi connectivity index (χ4n) is 1.33. The van der Waals surface area contributed by atoms with Crippen LogP contribution in [0.15, 0.2) is 20.0 Å². The zero-order valence-corrected chi connectivity index (χ0v) is 12.6. The molecule has 0 saturated carbocycles. The van der Waals surface area contributed by atoms with Crippen LogP contribution in [0.25, 0.3) is 0 Å². The minimum absolute atomic E-state index is 0.158. The molecule has 0 aromatic carbocycles. The van der Waals surface area contributed by atoms with Crippen molar-refractivity contribution in [3.05, 3.63) is 20.0 Å². The molecular formula is C8H8Cl5NOS. The lowest BCUT2D eigenvalue weighted by Crippen LogP contribution is -2.38. The smallest absolute Gasteiger partial charge is 0.0992 e. The van der Waals surface area contributed by atoms with Gasteiger partial charge in [0, 0.05) is 4.91 Å². The maximum atomic E-state index is 8.73. The third-order valence-corrected chi connectivity index (χ3v) is 6.21. The van der Waals surface area contributed by atoms with Gasteiger partial charge in [0.15, 0.2) is 0 Å². The summed E-state index contributed by atoms with van der Waals surface area (Å²) in [4.78, 5) is 1.40. The summed E-state index contributed by atoms with van der Waals surface area (Å²) in [7, 11) is 0. The SMILES string of the molecule is CCC1(Cl)C(SNO)=C(Cl)C(Cl)=C(Cl)C1Cl. The molecule has 1 aliphatic carbocycles. The van der Waals surface area contributed by atoms with Gasteiger partial charge in [0.05, 0.1) is 25.3 Å². The van der Waals surface area contributed by atoms with Crippen molar-refractivity contribution in [3.8, 4) is 0 Å². The highest BCUT2D eigenvalue weighted by molar-refractivity contribution is 8.01. The summed E-state index contributed by atoms with van der Waals surface area (Å²) in [5.74, 6) is 0. The van der Waals surface area contributed by atoms with Crippen LogP contribution in [0.4, 0.5) is 0 Å². The van der Waals surface area contributed by atoms with Gasteiger partial charge in [0.25, 0.3) is 0 Å². The molecule has 0 aliphatic heterocycles. The molecule has 0 heterocycles. The van der Waals surface area contributed by atoms with Gasteiger partial charge in [-0.3, -0.25) is 0 Å². The van der Waals surface area contributed by atoms with E-state index in [9.17, 15) is 0 Å². The fourth-order valence-corrected chi connectivity index (χ4v) is 3.94. The van der Waals surface area contributed by atoms with Gasteiger partial charge in [0.2, 0.25) is 0 Å². The topological polar surface area (TPSA) is 32.3 Å². The summed E-state index contributed by atoms with van der Waals surface area (Å²) in [6.45, 7) is 1.84. The van der Waals surface area contributed by atoms with E-state index in [1.165, 1.54) is 0 Å². The highest BCUT2D eigenvalue weighted by Crippen LogP contribution is 2.52. The largest absolute Gasteiger partial charge is 0.306 e. The van der Waals surface area contributed by atoms with Gasteiger partial charge in [0.1, 0.15) is 0 Å². The van der Waals surface area contributed by atoms with Gasteiger partial charge >= 0.3 is 0 Å². The Kier molecular flexibility index (Phi) is 5.62. The fraction of sp³-hybridized carbons (Fsp3) is 0.500. The summed E-state index contributed by atoms with van der Waals surface area (Å²) in [6.07, 6.45) is 0.489. The van der Waals surface area contributed by atoms with Gasteiger partial charge in [-0.05, 0) is 18.4 Å². The standard InChI is InChI=1S/C8H8Cl5NOS/c1-2-8(13)6(12)4(10)3(9)5(11)7(8)16-14-15/h6,14-15H,2H2,1H3. The number of rotatable bonds is 3. The zero-order chi connectivity index (χ0) is 12.5. The van der Waals surface area contributed by atoms with Gasteiger partial charge in [-0.15, -0.1) is 28.1 Å². The Balaban J connectivity index is 3.33. The number of halogens is 5. The van der Waals surface area contributed by atoms with E-state index in [1.54, 1.807) is 0 Å². The Labute approximate surface area is 123 Å². The number of alkyl halides is 2. The Morgan fingerprint density at radius 3 is 2.38 bits per heavy atom. The summed E-state index contributed by atoms with van der Waals surface area (Å²) in [5.41, 5.74) is 0. The second-order valence-corrected chi connectivity index (χ2v) is 6.15. The first-order valence-corrected chi connectivity index (χ1v) is 7.01. The number of hydrogen-bond acceptors (Lipinski definition) is 3. The predicted octanol–water partition coefficient (Wildman–Crippen LogP) is 4.76. The molecule has 0 aromatic rings. The quantitative estimate of drug-likeness (QED) is 0.440. The van der Waals surface area contributed by atoms with Crippen LogP contribution in [0.2, 0.25) is 0 Å². The van der Waals surface area contributed by atoms with Crippen molar-refractivity contribution in [1.29, 1.82) is 0 Å². The van der Waals surface area contributed by atoms with Crippen LogP contribution in [0, 0.1) is 0 Å². The lowest BCUT2D eigenvalue weighted by Gasteiger charge is -2.36. The molecule has 0 bridgehead atoms. The molecule has 8 heteroatoms. The Bertz CT molecular complexity index is 358. The lowest BCUT2D eigenvalue weighted by molar-refractivity contribution is 0.259. The van der Waals surface area contributed by atoms with E-state index >= 15 is 0 Å². The van der Waals surface area contributed by atoms with E-state index < -0.39 is 10.3 Å². The normalized spacial score (nSPS) is 31.3. The van der Waals surface area contributed by atoms with Crippen molar-refractivity contribution in [2.75, 3.05) is 0 Å². The highest BCUT2D eigenvalue weighted by Gasteiger charge is 2.46. The van der Waals surface area contributed by atoms with E-state index in [1.807, 2.05) is 11.8 Å². The van der Waals surface area contributed by atoms with Crippen molar-refractivity contribution < 1.29 is 5.21 Å². The minimum atomic E-state index is -0.978. The summed E-state index contributed by atoms with van der Waals surface area (Å²) >= 11 is 31.3. The average molecular weight is 343 g/mol. The van der Waals surface area contributed by atoms with Crippen LogP contribution >= 0.6 is 70.0 Å². The zero-order valence-electron chi connectivity index (χ0n) is 8.03. The van der Waals surface area contributed by atoms with Crippen LogP contribution in [0.3, 0.4) is 0 Å². The Hall–Kier alpha value is 1.20. The van der Waals surface area contributed by atoms with Crippen LogP contribution in [-0.2, 0) is 0 Å². The molecule has 1 rings (SSSR count). The molecule has 1 aliphatic rings. The van der Waals surface area contributed by atoms with Crippen LogP contribution < -0.4 is 4.89 Å². The van der Waals surface area contributed by atoms with Crippen molar-refractivity contribution in [2.45, 2.75) is 23.6 Å². The first-order valence-electron chi connectivity index (χ1n) is 4.24. The molecule has 0 aromatic heterocycles. The van der Waals surface area contributed by atoms with Crippen LogP contribution in [0.1, 0.15) is 13.3 Å². The Morgan fingerprint density at radius 1 is 1.38 bits per heavy atom. The summed E-state index contributed by atoms with van der Waals surface area (Å²) in [5, 5.41) is 8.61. The number of allylic oxidation sites excluding steroid dienone is 4.